The molecule has 0 saturated carbocycles. The molecule has 0 N–H and O–H groups in total. The lowest BCUT2D eigenvalue weighted by Gasteiger charge is -2.29. The maximum atomic E-state index is 13.4. The van der Waals surface area contributed by atoms with Crippen LogP contribution in [-0.2, 0) is 17.4 Å². The number of thioether (sulfide) groups is 1. The zero-order valence-corrected chi connectivity index (χ0v) is 18.0. The number of benzene rings is 2. The van der Waals surface area contributed by atoms with E-state index in [1.165, 1.54) is 7.11 Å². The van der Waals surface area contributed by atoms with Gasteiger partial charge < -0.3 is 9.64 Å². The molecule has 1 aliphatic rings. The second kappa shape index (κ2) is 9.20. The highest BCUT2D eigenvalue weighted by Gasteiger charge is 2.34. The molecule has 32 heavy (non-hydrogen) atoms. The molecule has 0 fully saturated rings. The number of hydrogen-bond acceptors (Lipinski definition) is 5. The van der Waals surface area contributed by atoms with Crippen molar-refractivity contribution in [1.82, 2.24) is 9.97 Å². The third-order valence-corrected chi connectivity index (χ3v) is 5.95. The van der Waals surface area contributed by atoms with Gasteiger partial charge in [-0.15, -0.1) is 0 Å². The van der Waals surface area contributed by atoms with E-state index in [1.807, 2.05) is 24.3 Å². The number of nitrogens with zero attached hydrogens (tertiary/aromatic N) is 3. The van der Waals surface area contributed by atoms with Crippen LogP contribution >= 0.6 is 11.8 Å². The van der Waals surface area contributed by atoms with Gasteiger partial charge in [0, 0.05) is 17.8 Å². The quantitative estimate of drug-likeness (QED) is 0.386. The molecule has 1 aromatic heterocycles. The molecular weight excluding hydrogens is 439 g/mol. The number of halogens is 3. The number of methoxy groups -OCH3 is 1. The number of para-hydroxylation sites is 1. The summed E-state index contributed by atoms with van der Waals surface area (Å²) in [7, 11) is 1.51. The number of carbonyl (C=O) groups excluding carboxylic acids is 1. The monoisotopic (exact) mass is 459 g/mol. The van der Waals surface area contributed by atoms with E-state index in [0.717, 1.165) is 41.9 Å². The Hall–Kier alpha value is -3.07. The van der Waals surface area contributed by atoms with Gasteiger partial charge in [-0.1, -0.05) is 30.0 Å². The Bertz CT molecular complexity index is 1120. The van der Waals surface area contributed by atoms with Gasteiger partial charge in [0.1, 0.15) is 11.4 Å². The summed E-state index contributed by atoms with van der Waals surface area (Å²) in [6, 6.07) is 15.1. The van der Waals surface area contributed by atoms with Gasteiger partial charge in [-0.2, -0.15) is 13.2 Å². The Kier molecular flexibility index (Phi) is 6.36. The fourth-order valence-corrected chi connectivity index (χ4v) is 4.28. The number of alkyl halides is 3. The number of anilines is 1. The first kappa shape index (κ1) is 22.1. The van der Waals surface area contributed by atoms with E-state index >= 15 is 0 Å². The summed E-state index contributed by atoms with van der Waals surface area (Å²) >= 11 is 0.905. The predicted octanol–water partition coefficient (Wildman–Crippen LogP) is 5.24. The van der Waals surface area contributed by atoms with E-state index in [0.29, 0.717) is 17.9 Å². The molecule has 0 aliphatic carbocycles. The van der Waals surface area contributed by atoms with Crippen LogP contribution < -0.4 is 9.64 Å². The van der Waals surface area contributed by atoms with Crippen LogP contribution in [0.4, 0.5) is 18.9 Å². The van der Waals surface area contributed by atoms with Gasteiger partial charge in [0.25, 0.3) is 0 Å². The summed E-state index contributed by atoms with van der Waals surface area (Å²) in [4.78, 5) is 22.5. The minimum atomic E-state index is -4.63. The van der Waals surface area contributed by atoms with E-state index in [4.69, 9.17) is 4.74 Å². The van der Waals surface area contributed by atoms with Gasteiger partial charge in [-0.05, 0) is 54.8 Å². The van der Waals surface area contributed by atoms with Crippen LogP contribution in [0.5, 0.6) is 5.75 Å². The minimum Gasteiger partial charge on any atom is -0.497 e. The van der Waals surface area contributed by atoms with Crippen LogP contribution in [0.3, 0.4) is 0 Å². The number of aromatic nitrogens is 2. The standard InChI is InChI=1S/C23H20F3N3O2S/c1-31-17-10-8-15(9-11-17)18-13-20(23(24,25)26)28-22(27-18)32-14-21(30)29-12-4-6-16-5-2-3-7-19(16)29/h2-3,5,7-11,13H,4,6,12,14H2,1H3. The first-order valence-corrected chi connectivity index (χ1v) is 11.0. The molecule has 9 heteroatoms. The normalized spacial score (nSPS) is 13.6. The first-order valence-electron chi connectivity index (χ1n) is 9.97. The zero-order valence-electron chi connectivity index (χ0n) is 17.2. The van der Waals surface area contributed by atoms with E-state index in [2.05, 4.69) is 9.97 Å². The van der Waals surface area contributed by atoms with Gasteiger partial charge in [0.2, 0.25) is 5.91 Å². The van der Waals surface area contributed by atoms with Gasteiger partial charge in [0.15, 0.2) is 5.16 Å². The second-order valence-electron chi connectivity index (χ2n) is 7.21. The van der Waals surface area contributed by atoms with E-state index < -0.39 is 11.9 Å². The highest BCUT2D eigenvalue weighted by atomic mass is 32.2. The molecule has 3 aromatic rings. The van der Waals surface area contributed by atoms with Crippen molar-refractivity contribution in [3.8, 4) is 17.0 Å². The molecule has 0 bridgehead atoms. The third-order valence-electron chi connectivity index (χ3n) is 5.12. The lowest BCUT2D eigenvalue weighted by atomic mass is 10.0. The minimum absolute atomic E-state index is 0.0578. The molecule has 0 spiro atoms. The van der Waals surface area contributed by atoms with Crippen molar-refractivity contribution in [2.75, 3.05) is 24.3 Å². The zero-order chi connectivity index (χ0) is 22.7. The van der Waals surface area contributed by atoms with Crippen molar-refractivity contribution in [2.45, 2.75) is 24.2 Å². The molecule has 2 aromatic carbocycles. The summed E-state index contributed by atoms with van der Waals surface area (Å²) in [6.45, 7) is 0.580. The lowest BCUT2D eigenvalue weighted by molar-refractivity contribution is -0.141. The summed E-state index contributed by atoms with van der Waals surface area (Å²) in [6.07, 6.45) is -2.89. The van der Waals surface area contributed by atoms with Crippen molar-refractivity contribution in [2.24, 2.45) is 0 Å². The second-order valence-corrected chi connectivity index (χ2v) is 8.16. The molecule has 1 amide bonds. The number of fused-ring (bicyclic) bond motifs is 1. The van der Waals surface area contributed by atoms with Crippen LogP contribution in [0.25, 0.3) is 11.3 Å². The fraction of sp³-hybridized carbons (Fsp3) is 0.261. The molecule has 4 rings (SSSR count). The largest absolute Gasteiger partial charge is 0.497 e. The number of ether oxygens (including phenoxy) is 1. The number of carbonyl (C=O) groups is 1. The summed E-state index contributed by atoms with van der Waals surface area (Å²) in [5.41, 5.74) is 1.53. The van der Waals surface area contributed by atoms with Crippen LogP contribution in [-0.4, -0.2) is 35.3 Å². The molecule has 0 saturated heterocycles. The van der Waals surface area contributed by atoms with E-state index in [1.54, 1.807) is 29.2 Å². The van der Waals surface area contributed by atoms with Crippen molar-refractivity contribution in [1.29, 1.82) is 0 Å². The SMILES string of the molecule is COc1ccc(-c2cc(C(F)(F)F)nc(SCC(=O)N3CCCc4ccccc43)n2)cc1. The summed E-state index contributed by atoms with van der Waals surface area (Å²) < 4.78 is 45.4. The van der Waals surface area contributed by atoms with Crippen molar-refractivity contribution in [3.63, 3.8) is 0 Å². The molecular formula is C23H20F3N3O2S. The first-order chi connectivity index (χ1) is 15.3. The predicted molar refractivity (Wildman–Crippen MR) is 117 cm³/mol. The Morgan fingerprint density at radius 3 is 2.59 bits per heavy atom. The lowest BCUT2D eigenvalue weighted by Crippen LogP contribution is -2.36. The average molecular weight is 459 g/mol. The van der Waals surface area contributed by atoms with Crippen molar-refractivity contribution < 1.29 is 22.7 Å². The van der Waals surface area contributed by atoms with Crippen molar-refractivity contribution >= 4 is 23.4 Å². The smallest absolute Gasteiger partial charge is 0.433 e. The van der Waals surface area contributed by atoms with Crippen molar-refractivity contribution in [3.05, 3.63) is 65.9 Å². The van der Waals surface area contributed by atoms with Crippen LogP contribution in [0.2, 0.25) is 0 Å². The topological polar surface area (TPSA) is 55.3 Å². The molecule has 5 nitrogen and oxygen atoms in total. The third kappa shape index (κ3) is 4.88. The van der Waals surface area contributed by atoms with Gasteiger partial charge in [0.05, 0.1) is 18.6 Å². The van der Waals surface area contributed by atoms with E-state index in [9.17, 15) is 18.0 Å². The molecule has 2 heterocycles. The van der Waals surface area contributed by atoms with Crippen LogP contribution in [0, 0.1) is 0 Å². The summed E-state index contributed by atoms with van der Waals surface area (Å²) in [5.74, 6) is 0.340. The number of aryl methyl sites for hydroxylation is 1. The molecule has 1 aliphatic heterocycles. The number of hydrogen-bond donors (Lipinski definition) is 0. The van der Waals surface area contributed by atoms with Gasteiger partial charge >= 0.3 is 6.18 Å². The number of amides is 1. The molecule has 0 atom stereocenters. The Balaban J connectivity index is 1.57. The maximum absolute atomic E-state index is 13.4. The Morgan fingerprint density at radius 2 is 1.88 bits per heavy atom. The molecule has 0 unspecified atom stereocenters. The summed E-state index contributed by atoms with van der Waals surface area (Å²) in [5, 5.41) is -0.0933. The Morgan fingerprint density at radius 1 is 1.12 bits per heavy atom. The van der Waals surface area contributed by atoms with Crippen LogP contribution in [0.1, 0.15) is 17.7 Å². The van der Waals surface area contributed by atoms with E-state index in [-0.39, 0.29) is 22.5 Å². The number of rotatable bonds is 5. The molecule has 0 radical (unpaired) electrons. The molecule has 166 valence electrons. The maximum Gasteiger partial charge on any atom is 0.433 e. The fourth-order valence-electron chi connectivity index (χ4n) is 3.54. The average Bonchev–Trinajstić information content (AvgIpc) is 2.81. The van der Waals surface area contributed by atoms with Gasteiger partial charge in [-0.3, -0.25) is 4.79 Å². The Labute approximate surface area is 187 Å². The van der Waals surface area contributed by atoms with Gasteiger partial charge in [-0.25, -0.2) is 9.97 Å². The highest BCUT2D eigenvalue weighted by Crippen LogP contribution is 2.33. The highest BCUT2D eigenvalue weighted by molar-refractivity contribution is 7.99. The van der Waals surface area contributed by atoms with Crippen LogP contribution in [0.15, 0.2) is 59.8 Å².